The fraction of sp³-hybridized carbons (Fsp3) is 0.208. The number of aromatic nitrogens is 3. The van der Waals surface area contributed by atoms with Gasteiger partial charge in [-0.2, -0.15) is 5.10 Å². The van der Waals surface area contributed by atoms with Crippen LogP contribution in [0.15, 0.2) is 65.1 Å². The Hall–Kier alpha value is -3.67. The highest BCUT2D eigenvalue weighted by atomic mass is 16.5. The van der Waals surface area contributed by atoms with E-state index in [2.05, 4.69) is 10.1 Å². The van der Waals surface area contributed by atoms with Gasteiger partial charge in [-0.25, -0.2) is 9.78 Å². The van der Waals surface area contributed by atoms with Gasteiger partial charge in [-0.15, -0.1) is 0 Å². The molecule has 6 nitrogen and oxygen atoms in total. The second-order valence-electron chi connectivity index (χ2n) is 7.15. The van der Waals surface area contributed by atoms with E-state index in [-0.39, 0.29) is 6.61 Å². The van der Waals surface area contributed by atoms with Crippen molar-refractivity contribution in [3.63, 3.8) is 0 Å². The second-order valence-corrected chi connectivity index (χ2v) is 7.15. The van der Waals surface area contributed by atoms with E-state index in [1.54, 1.807) is 0 Å². The van der Waals surface area contributed by atoms with E-state index in [1.165, 1.54) is 0 Å². The largest absolute Gasteiger partial charge is 0.455 e. The van der Waals surface area contributed by atoms with Crippen LogP contribution in [0.4, 0.5) is 0 Å². The summed E-state index contributed by atoms with van der Waals surface area (Å²) in [4.78, 5) is 17.3. The molecule has 6 heteroatoms. The SMILES string of the molecule is Cc1nn(Cc2ccccc2)c(C)c1C(=O)OCc1nc(-c2ccccc2)oc1C. The summed E-state index contributed by atoms with van der Waals surface area (Å²) in [5.74, 6) is 0.741. The third kappa shape index (κ3) is 4.03. The third-order valence-electron chi connectivity index (χ3n) is 5.01. The number of benzene rings is 2. The molecule has 0 fully saturated rings. The van der Waals surface area contributed by atoms with Gasteiger partial charge in [-0.05, 0) is 38.5 Å². The molecule has 0 saturated heterocycles. The monoisotopic (exact) mass is 401 g/mol. The number of esters is 1. The van der Waals surface area contributed by atoms with Gasteiger partial charge < -0.3 is 9.15 Å². The van der Waals surface area contributed by atoms with E-state index in [4.69, 9.17) is 9.15 Å². The van der Waals surface area contributed by atoms with Gasteiger partial charge in [0.1, 0.15) is 23.6 Å². The summed E-state index contributed by atoms with van der Waals surface area (Å²) in [6.07, 6.45) is 0. The van der Waals surface area contributed by atoms with Crippen LogP contribution < -0.4 is 0 Å². The number of rotatable bonds is 6. The number of oxazole rings is 1. The molecule has 30 heavy (non-hydrogen) atoms. The van der Waals surface area contributed by atoms with Gasteiger partial charge in [-0.1, -0.05) is 48.5 Å². The quantitative estimate of drug-likeness (QED) is 0.431. The molecule has 0 amide bonds. The molecule has 0 N–H and O–H groups in total. The average molecular weight is 401 g/mol. The third-order valence-corrected chi connectivity index (χ3v) is 5.01. The number of hydrogen-bond acceptors (Lipinski definition) is 5. The Labute approximate surface area is 175 Å². The minimum Gasteiger partial charge on any atom is -0.455 e. The highest BCUT2D eigenvalue weighted by Crippen LogP contribution is 2.23. The first-order valence-electron chi connectivity index (χ1n) is 9.79. The molecule has 2 heterocycles. The minimum atomic E-state index is -0.409. The van der Waals surface area contributed by atoms with Crippen LogP contribution in [-0.2, 0) is 17.9 Å². The topological polar surface area (TPSA) is 70.2 Å². The van der Waals surface area contributed by atoms with E-state index in [9.17, 15) is 4.79 Å². The lowest BCUT2D eigenvalue weighted by molar-refractivity contribution is 0.0465. The minimum absolute atomic E-state index is 0.0454. The summed E-state index contributed by atoms with van der Waals surface area (Å²) in [5.41, 5.74) is 4.53. The van der Waals surface area contributed by atoms with Gasteiger partial charge in [0.2, 0.25) is 5.89 Å². The summed E-state index contributed by atoms with van der Waals surface area (Å²) < 4.78 is 13.1. The van der Waals surface area contributed by atoms with E-state index >= 15 is 0 Å². The first-order chi connectivity index (χ1) is 14.5. The molecule has 0 saturated carbocycles. The van der Waals surface area contributed by atoms with Crippen molar-refractivity contribution in [2.45, 2.75) is 33.9 Å². The molecule has 0 aliphatic rings. The van der Waals surface area contributed by atoms with Crippen molar-refractivity contribution >= 4 is 5.97 Å². The maximum absolute atomic E-state index is 12.8. The summed E-state index contributed by atoms with van der Waals surface area (Å²) in [6.45, 7) is 6.17. The van der Waals surface area contributed by atoms with Crippen molar-refractivity contribution in [2.75, 3.05) is 0 Å². The van der Waals surface area contributed by atoms with Crippen LogP contribution in [0.1, 0.15) is 38.8 Å². The average Bonchev–Trinajstić information content (AvgIpc) is 3.26. The van der Waals surface area contributed by atoms with Crippen molar-refractivity contribution in [1.82, 2.24) is 14.8 Å². The molecule has 0 unspecified atom stereocenters. The Kier molecular flexibility index (Phi) is 5.48. The van der Waals surface area contributed by atoms with Crippen LogP contribution in [0.3, 0.4) is 0 Å². The predicted molar refractivity (Wildman–Crippen MR) is 113 cm³/mol. The van der Waals surface area contributed by atoms with Gasteiger partial charge >= 0.3 is 5.97 Å². The molecule has 2 aromatic heterocycles. The van der Waals surface area contributed by atoms with Crippen molar-refractivity contribution in [2.24, 2.45) is 0 Å². The molecule has 4 aromatic rings. The van der Waals surface area contributed by atoms with E-state index in [1.807, 2.05) is 86.1 Å². The van der Waals surface area contributed by atoms with Gasteiger partial charge in [0.25, 0.3) is 0 Å². The lowest BCUT2D eigenvalue weighted by atomic mass is 10.2. The molecule has 0 aliphatic heterocycles. The van der Waals surface area contributed by atoms with E-state index in [0.717, 1.165) is 16.8 Å². The summed E-state index contributed by atoms with van der Waals surface area (Å²) in [6, 6.07) is 19.6. The molecule has 152 valence electrons. The molecular formula is C24H23N3O3. The van der Waals surface area contributed by atoms with Crippen LogP contribution >= 0.6 is 0 Å². The number of aryl methyl sites for hydroxylation is 2. The fourth-order valence-corrected chi connectivity index (χ4v) is 3.37. The van der Waals surface area contributed by atoms with Crippen LogP contribution in [0.5, 0.6) is 0 Å². The fourth-order valence-electron chi connectivity index (χ4n) is 3.37. The van der Waals surface area contributed by atoms with Crippen LogP contribution in [0.2, 0.25) is 0 Å². The highest BCUT2D eigenvalue weighted by molar-refractivity contribution is 5.91. The van der Waals surface area contributed by atoms with Crippen LogP contribution in [-0.4, -0.2) is 20.7 Å². The Morgan fingerprint density at radius 3 is 2.37 bits per heavy atom. The second kappa shape index (κ2) is 8.37. The molecule has 2 aromatic carbocycles. The van der Waals surface area contributed by atoms with Gasteiger partial charge in [-0.3, -0.25) is 4.68 Å². The molecule has 0 aliphatic carbocycles. The number of carbonyl (C=O) groups is 1. The molecular weight excluding hydrogens is 378 g/mol. The first-order valence-corrected chi connectivity index (χ1v) is 9.79. The van der Waals surface area contributed by atoms with Gasteiger partial charge in [0.05, 0.1) is 17.9 Å². The van der Waals surface area contributed by atoms with Crippen molar-refractivity contribution in [3.8, 4) is 11.5 Å². The zero-order valence-corrected chi connectivity index (χ0v) is 17.3. The molecule has 0 radical (unpaired) electrons. The van der Waals surface area contributed by atoms with Crippen LogP contribution in [0, 0.1) is 20.8 Å². The van der Waals surface area contributed by atoms with E-state index < -0.39 is 5.97 Å². The van der Waals surface area contributed by atoms with Crippen molar-refractivity contribution < 1.29 is 13.9 Å². The predicted octanol–water partition coefficient (Wildman–Crippen LogP) is 4.87. The summed E-state index contributed by atoms with van der Waals surface area (Å²) in [7, 11) is 0. The molecule has 4 rings (SSSR count). The summed E-state index contributed by atoms with van der Waals surface area (Å²) in [5, 5.41) is 4.52. The standard InChI is InChI=1S/C24H23N3O3/c1-16-22(17(2)27(26-16)14-19-10-6-4-7-11-19)24(28)29-15-21-18(3)30-23(25-21)20-12-8-5-9-13-20/h4-13H,14-15H2,1-3H3. The number of carbonyl (C=O) groups excluding carboxylic acids is 1. The van der Waals surface area contributed by atoms with Crippen LogP contribution in [0.25, 0.3) is 11.5 Å². The number of hydrogen-bond donors (Lipinski definition) is 0. The number of nitrogens with zero attached hydrogens (tertiary/aromatic N) is 3. The maximum atomic E-state index is 12.8. The van der Waals surface area contributed by atoms with Crippen molar-refractivity contribution in [3.05, 3.63) is 94.6 Å². The Balaban J connectivity index is 1.48. The van der Waals surface area contributed by atoms with Gasteiger partial charge in [0, 0.05) is 5.56 Å². The lowest BCUT2D eigenvalue weighted by Crippen LogP contribution is -2.09. The number of ether oxygens (including phenoxy) is 1. The lowest BCUT2D eigenvalue weighted by Gasteiger charge is -2.06. The Morgan fingerprint density at radius 1 is 1.00 bits per heavy atom. The van der Waals surface area contributed by atoms with E-state index in [0.29, 0.717) is 35.1 Å². The zero-order chi connectivity index (χ0) is 21.1. The molecule has 0 spiro atoms. The maximum Gasteiger partial charge on any atom is 0.342 e. The Bertz CT molecular complexity index is 1160. The molecule has 0 bridgehead atoms. The van der Waals surface area contributed by atoms with Gasteiger partial charge in [0.15, 0.2) is 0 Å². The Morgan fingerprint density at radius 2 is 1.67 bits per heavy atom. The zero-order valence-electron chi connectivity index (χ0n) is 17.3. The smallest absolute Gasteiger partial charge is 0.342 e. The molecule has 0 atom stereocenters. The normalized spacial score (nSPS) is 10.9. The summed E-state index contributed by atoms with van der Waals surface area (Å²) >= 11 is 0. The highest BCUT2D eigenvalue weighted by Gasteiger charge is 2.21. The first kappa shape index (κ1) is 19.6. The van der Waals surface area contributed by atoms with Crippen molar-refractivity contribution in [1.29, 1.82) is 0 Å².